The number of hydrogen-bond donors (Lipinski definition) is 1. The highest BCUT2D eigenvalue weighted by Crippen LogP contribution is 2.40. The zero-order valence-corrected chi connectivity index (χ0v) is 14.5. The van der Waals surface area contributed by atoms with Crippen molar-refractivity contribution in [3.63, 3.8) is 0 Å². The second-order valence-corrected chi connectivity index (χ2v) is 7.01. The van der Waals surface area contributed by atoms with Gasteiger partial charge in [0.2, 0.25) is 5.91 Å². The summed E-state index contributed by atoms with van der Waals surface area (Å²) in [5.74, 6) is 0.801. The van der Waals surface area contributed by atoms with Crippen molar-refractivity contribution in [3.8, 4) is 0 Å². The van der Waals surface area contributed by atoms with Gasteiger partial charge in [-0.2, -0.15) is 11.3 Å². The first-order valence-electron chi connectivity index (χ1n) is 8.08. The van der Waals surface area contributed by atoms with Crippen molar-refractivity contribution < 1.29 is 14.0 Å². The number of thiophene rings is 1. The Morgan fingerprint density at radius 2 is 2.20 bits per heavy atom. The molecule has 2 heterocycles. The number of nitrogens with one attached hydrogen (secondary N) is 1. The maximum absolute atomic E-state index is 12.2. The van der Waals surface area contributed by atoms with E-state index >= 15 is 0 Å². The third kappa shape index (κ3) is 3.41. The van der Waals surface area contributed by atoms with E-state index < -0.39 is 0 Å². The van der Waals surface area contributed by atoms with Crippen molar-refractivity contribution in [1.29, 1.82) is 0 Å². The van der Waals surface area contributed by atoms with E-state index in [1.807, 2.05) is 11.4 Å². The van der Waals surface area contributed by atoms with Crippen LogP contribution in [0, 0.1) is 0 Å². The lowest BCUT2D eigenvalue weighted by molar-refractivity contribution is -0.116. The smallest absolute Gasteiger partial charge is 0.254 e. The van der Waals surface area contributed by atoms with Crippen LogP contribution in [0.4, 0.5) is 5.69 Å². The summed E-state index contributed by atoms with van der Waals surface area (Å²) in [4.78, 5) is 30.3. The summed E-state index contributed by atoms with van der Waals surface area (Å²) in [7, 11) is 1.61. The number of hydrogen-bond acceptors (Lipinski definition) is 5. The fraction of sp³-hybridized carbons (Fsp3) is 0.278. The predicted molar refractivity (Wildman–Crippen MR) is 95.9 cm³/mol. The highest BCUT2D eigenvalue weighted by molar-refractivity contribution is 7.08. The Morgan fingerprint density at radius 3 is 2.92 bits per heavy atom. The Bertz CT molecular complexity index is 928. The van der Waals surface area contributed by atoms with Crippen molar-refractivity contribution in [2.75, 3.05) is 18.9 Å². The van der Waals surface area contributed by atoms with Crippen LogP contribution in [0.2, 0.25) is 0 Å². The van der Waals surface area contributed by atoms with Crippen LogP contribution in [0.25, 0.3) is 11.1 Å². The fourth-order valence-electron chi connectivity index (χ4n) is 2.62. The molecule has 0 unspecified atom stereocenters. The Morgan fingerprint density at radius 1 is 1.36 bits per heavy atom. The average Bonchev–Trinajstić information content (AvgIpc) is 3.13. The quantitative estimate of drug-likeness (QED) is 0.760. The summed E-state index contributed by atoms with van der Waals surface area (Å²) in [5, 5.41) is 6.42. The summed E-state index contributed by atoms with van der Waals surface area (Å²) in [6, 6.07) is 7.13. The Kier molecular flexibility index (Phi) is 4.01. The molecule has 6 nitrogen and oxygen atoms in total. The molecule has 0 saturated heterocycles. The van der Waals surface area contributed by atoms with Gasteiger partial charge in [-0.15, -0.1) is 0 Å². The average molecular weight is 355 g/mol. The molecular formula is C18H17N3O3S. The second-order valence-electron chi connectivity index (χ2n) is 6.23. The van der Waals surface area contributed by atoms with Gasteiger partial charge in [0.05, 0.1) is 12.1 Å². The Balaban J connectivity index is 1.41. The van der Waals surface area contributed by atoms with Gasteiger partial charge in [-0.05, 0) is 42.5 Å². The molecule has 4 rings (SSSR count). The highest BCUT2D eigenvalue weighted by Gasteiger charge is 2.28. The summed E-state index contributed by atoms with van der Waals surface area (Å²) < 4.78 is 5.71. The van der Waals surface area contributed by atoms with Gasteiger partial charge in [0.1, 0.15) is 5.52 Å². The number of carbonyl (C=O) groups is 2. The molecule has 1 fully saturated rings. The maximum Gasteiger partial charge on any atom is 0.254 e. The molecule has 0 aliphatic heterocycles. The number of benzene rings is 1. The molecule has 1 N–H and O–H groups in total. The van der Waals surface area contributed by atoms with Crippen LogP contribution < -0.4 is 5.32 Å². The first-order valence-corrected chi connectivity index (χ1v) is 9.02. The molecule has 0 spiro atoms. The number of oxazole rings is 1. The molecular weight excluding hydrogens is 338 g/mol. The lowest BCUT2D eigenvalue weighted by Gasteiger charge is -2.16. The minimum atomic E-state index is -0.253. The molecule has 0 bridgehead atoms. The van der Waals surface area contributed by atoms with Crippen molar-refractivity contribution in [3.05, 3.63) is 46.5 Å². The molecule has 2 aromatic heterocycles. The van der Waals surface area contributed by atoms with Crippen LogP contribution in [0.1, 0.15) is 35.0 Å². The first-order chi connectivity index (χ1) is 12.1. The molecule has 3 aromatic rings. The van der Waals surface area contributed by atoms with Crippen LogP contribution in [0.5, 0.6) is 0 Å². The van der Waals surface area contributed by atoms with Gasteiger partial charge in [-0.25, -0.2) is 4.98 Å². The van der Waals surface area contributed by atoms with E-state index in [0.717, 1.165) is 29.8 Å². The van der Waals surface area contributed by atoms with Crippen molar-refractivity contribution in [2.45, 2.75) is 18.8 Å². The standard InChI is InChI=1S/C18H17N3O3S/c1-21(18(23)12-6-7-25-10-12)9-16(22)19-13-4-5-15-14(8-13)20-17(24-15)11-2-3-11/h4-8,10-11H,2-3,9H2,1H3,(H,19,22). The van der Waals surface area contributed by atoms with Gasteiger partial charge in [-0.1, -0.05) is 0 Å². The van der Waals surface area contributed by atoms with Gasteiger partial charge in [0.25, 0.3) is 5.91 Å². The lowest BCUT2D eigenvalue weighted by atomic mass is 10.2. The van der Waals surface area contributed by atoms with E-state index in [1.54, 1.807) is 30.6 Å². The molecule has 0 atom stereocenters. The number of anilines is 1. The zero-order chi connectivity index (χ0) is 17.4. The molecule has 7 heteroatoms. The number of aromatic nitrogens is 1. The van der Waals surface area contributed by atoms with Crippen LogP contribution in [-0.2, 0) is 4.79 Å². The van der Waals surface area contributed by atoms with E-state index in [2.05, 4.69) is 10.3 Å². The van der Waals surface area contributed by atoms with Crippen molar-refractivity contribution in [1.82, 2.24) is 9.88 Å². The van der Waals surface area contributed by atoms with Crippen LogP contribution in [0.15, 0.2) is 39.4 Å². The van der Waals surface area contributed by atoms with E-state index in [-0.39, 0.29) is 18.4 Å². The lowest BCUT2D eigenvalue weighted by Crippen LogP contribution is -2.34. The third-order valence-corrected chi connectivity index (χ3v) is 4.79. The molecule has 1 aromatic carbocycles. The minimum absolute atomic E-state index is 0.0150. The number of fused-ring (bicyclic) bond motifs is 1. The number of likely N-dealkylation sites (N-methyl/N-ethyl adjacent to an activating group) is 1. The van der Waals surface area contributed by atoms with E-state index in [4.69, 9.17) is 4.42 Å². The van der Waals surface area contributed by atoms with Crippen LogP contribution in [0.3, 0.4) is 0 Å². The van der Waals surface area contributed by atoms with Gasteiger partial charge in [0, 0.05) is 24.0 Å². The van der Waals surface area contributed by atoms with Crippen molar-refractivity contribution in [2.24, 2.45) is 0 Å². The Labute approximate surface area is 148 Å². The molecule has 1 aliphatic rings. The summed E-state index contributed by atoms with van der Waals surface area (Å²) in [5.41, 5.74) is 2.70. The molecule has 128 valence electrons. The topological polar surface area (TPSA) is 75.4 Å². The summed E-state index contributed by atoms with van der Waals surface area (Å²) in [6.45, 7) is -0.0150. The van der Waals surface area contributed by atoms with Crippen molar-refractivity contribution >= 4 is 39.9 Å². The zero-order valence-electron chi connectivity index (χ0n) is 13.7. The third-order valence-electron chi connectivity index (χ3n) is 4.11. The van der Waals surface area contributed by atoms with E-state index in [1.165, 1.54) is 16.2 Å². The first kappa shape index (κ1) is 15.8. The van der Waals surface area contributed by atoms with E-state index in [0.29, 0.717) is 17.2 Å². The second kappa shape index (κ2) is 6.33. The minimum Gasteiger partial charge on any atom is -0.440 e. The number of rotatable bonds is 5. The number of nitrogens with zero attached hydrogens (tertiary/aromatic N) is 2. The maximum atomic E-state index is 12.2. The fourth-order valence-corrected chi connectivity index (χ4v) is 3.25. The highest BCUT2D eigenvalue weighted by atomic mass is 32.1. The van der Waals surface area contributed by atoms with Crippen LogP contribution in [-0.4, -0.2) is 35.3 Å². The molecule has 0 radical (unpaired) electrons. The molecule has 1 aliphatic carbocycles. The molecule has 1 saturated carbocycles. The van der Waals surface area contributed by atoms with Gasteiger partial charge >= 0.3 is 0 Å². The summed E-state index contributed by atoms with van der Waals surface area (Å²) >= 11 is 1.45. The van der Waals surface area contributed by atoms with Crippen LogP contribution >= 0.6 is 11.3 Å². The van der Waals surface area contributed by atoms with Gasteiger partial charge < -0.3 is 14.6 Å². The summed E-state index contributed by atoms with van der Waals surface area (Å²) in [6.07, 6.45) is 2.25. The Hall–Kier alpha value is -2.67. The SMILES string of the molecule is CN(CC(=O)Nc1ccc2oc(C3CC3)nc2c1)C(=O)c1ccsc1. The van der Waals surface area contributed by atoms with E-state index in [9.17, 15) is 9.59 Å². The monoisotopic (exact) mass is 355 g/mol. The number of carbonyl (C=O) groups excluding carboxylic acids is 2. The predicted octanol–water partition coefficient (Wildman–Crippen LogP) is 3.48. The van der Waals surface area contributed by atoms with Gasteiger partial charge in [0.15, 0.2) is 11.5 Å². The number of amides is 2. The normalized spacial score (nSPS) is 13.8. The van der Waals surface area contributed by atoms with Gasteiger partial charge in [-0.3, -0.25) is 9.59 Å². The largest absolute Gasteiger partial charge is 0.440 e. The molecule has 2 amide bonds. The molecule has 25 heavy (non-hydrogen) atoms.